The van der Waals surface area contributed by atoms with Crippen LogP contribution >= 0.6 is 0 Å². The number of unbranched alkanes of at least 4 members (excludes halogenated alkanes) is 9. The molecule has 2 nitrogen and oxygen atoms in total. The van der Waals surface area contributed by atoms with E-state index in [1.165, 1.54) is 51.4 Å². The Bertz CT molecular complexity index is 209. The lowest BCUT2D eigenvalue weighted by atomic mass is 10.0. The van der Waals surface area contributed by atoms with E-state index in [0.717, 1.165) is 12.8 Å². The zero-order valence-corrected chi connectivity index (χ0v) is 11.3. The van der Waals surface area contributed by atoms with Crippen molar-refractivity contribution in [2.24, 2.45) is 0 Å². The molecule has 0 rings (SSSR count). The van der Waals surface area contributed by atoms with Gasteiger partial charge >= 0.3 is 0 Å². The zero-order valence-electron chi connectivity index (χ0n) is 11.3. The van der Waals surface area contributed by atoms with Gasteiger partial charge in [0, 0.05) is 0 Å². The Morgan fingerprint density at radius 1 is 0.882 bits per heavy atom. The van der Waals surface area contributed by atoms with Gasteiger partial charge in [0.1, 0.15) is 0 Å². The minimum atomic E-state index is -1.10. The lowest BCUT2D eigenvalue weighted by molar-refractivity contribution is -0.299. The molecule has 17 heavy (non-hydrogen) atoms. The van der Waals surface area contributed by atoms with Gasteiger partial charge in [-0.05, 0) is 18.4 Å². The highest BCUT2D eigenvalue weighted by Gasteiger charge is 1.96. The second-order valence-corrected chi connectivity index (χ2v) is 4.82. The Balaban J connectivity index is 3.08. The Labute approximate surface area is 106 Å². The van der Waals surface area contributed by atoms with E-state index in [4.69, 9.17) is 0 Å². The third kappa shape index (κ3) is 11.5. The summed E-state index contributed by atoms with van der Waals surface area (Å²) in [6, 6.07) is 0. The summed E-state index contributed by atoms with van der Waals surface area (Å²) in [7, 11) is 0. The summed E-state index contributed by atoms with van der Waals surface area (Å²) >= 11 is 0. The summed E-state index contributed by atoms with van der Waals surface area (Å²) in [4.78, 5) is 10.4. The summed E-state index contributed by atoms with van der Waals surface area (Å²) in [5.41, 5.74) is 0.240. The van der Waals surface area contributed by atoms with Gasteiger partial charge in [0.05, 0.1) is 5.97 Å². The van der Waals surface area contributed by atoms with Gasteiger partial charge in [-0.25, -0.2) is 0 Å². The zero-order chi connectivity index (χ0) is 12.9. The minimum Gasteiger partial charge on any atom is -0.545 e. The van der Waals surface area contributed by atoms with Crippen molar-refractivity contribution >= 4 is 5.97 Å². The monoisotopic (exact) mass is 239 g/mol. The Morgan fingerprint density at radius 2 is 1.29 bits per heavy atom. The molecule has 0 saturated carbocycles. The first kappa shape index (κ1) is 16.2. The Hall–Kier alpha value is -0.790. The summed E-state index contributed by atoms with van der Waals surface area (Å²) < 4.78 is 0. The number of carboxylic acid groups (broad SMARTS) is 1. The predicted octanol–water partition coefficient (Wildman–Crippen LogP) is 3.60. The van der Waals surface area contributed by atoms with Crippen LogP contribution in [0.5, 0.6) is 0 Å². The van der Waals surface area contributed by atoms with E-state index in [1.54, 1.807) is 0 Å². The van der Waals surface area contributed by atoms with Crippen molar-refractivity contribution in [3.8, 4) is 0 Å². The molecule has 0 aliphatic carbocycles. The molecule has 0 bridgehead atoms. The predicted molar refractivity (Wildman–Crippen MR) is 70.6 cm³/mol. The topological polar surface area (TPSA) is 40.1 Å². The molecular weight excluding hydrogens is 212 g/mol. The Morgan fingerprint density at radius 3 is 1.71 bits per heavy atom. The molecule has 0 aromatic carbocycles. The Kier molecular flexibility index (Phi) is 11.1. The molecule has 0 amide bonds. The third-order valence-electron chi connectivity index (χ3n) is 3.12. The number of hydrogen-bond donors (Lipinski definition) is 0. The molecule has 0 aliphatic rings. The number of carbonyl (C=O) groups is 1. The van der Waals surface area contributed by atoms with Crippen LogP contribution in [-0.4, -0.2) is 5.97 Å². The molecule has 0 radical (unpaired) electrons. The molecule has 0 unspecified atom stereocenters. The van der Waals surface area contributed by atoms with Crippen LogP contribution < -0.4 is 5.11 Å². The SMILES string of the molecule is C=C(CCCCCCCCCCCC)C(=O)[O-]. The molecule has 0 aromatic heterocycles. The molecule has 0 atom stereocenters. The smallest absolute Gasteiger partial charge is 0.0668 e. The van der Waals surface area contributed by atoms with Crippen LogP contribution in [-0.2, 0) is 4.79 Å². The fourth-order valence-corrected chi connectivity index (χ4v) is 1.93. The van der Waals surface area contributed by atoms with Crippen molar-refractivity contribution in [3.05, 3.63) is 12.2 Å². The first-order valence-electron chi connectivity index (χ1n) is 7.07. The highest BCUT2D eigenvalue weighted by Crippen LogP contribution is 2.12. The van der Waals surface area contributed by atoms with E-state index in [0.29, 0.717) is 6.42 Å². The first-order valence-corrected chi connectivity index (χ1v) is 7.07. The maximum absolute atomic E-state index is 10.4. The lowest BCUT2D eigenvalue weighted by Gasteiger charge is -2.06. The first-order chi connectivity index (χ1) is 8.18. The molecule has 0 aromatic rings. The van der Waals surface area contributed by atoms with E-state index in [-0.39, 0.29) is 5.57 Å². The number of carbonyl (C=O) groups excluding carboxylic acids is 1. The van der Waals surface area contributed by atoms with Crippen molar-refractivity contribution in [1.82, 2.24) is 0 Å². The largest absolute Gasteiger partial charge is 0.545 e. The quantitative estimate of drug-likeness (QED) is 0.385. The van der Waals surface area contributed by atoms with Gasteiger partial charge < -0.3 is 9.90 Å². The molecule has 0 saturated heterocycles. The van der Waals surface area contributed by atoms with Crippen molar-refractivity contribution < 1.29 is 9.90 Å². The average molecular weight is 239 g/mol. The van der Waals surface area contributed by atoms with Gasteiger partial charge in [-0.15, -0.1) is 0 Å². The van der Waals surface area contributed by atoms with Crippen molar-refractivity contribution in [3.63, 3.8) is 0 Å². The van der Waals surface area contributed by atoms with E-state index < -0.39 is 5.97 Å². The van der Waals surface area contributed by atoms with Crippen molar-refractivity contribution in [1.29, 1.82) is 0 Å². The van der Waals surface area contributed by atoms with Crippen LogP contribution in [0.3, 0.4) is 0 Å². The average Bonchev–Trinajstić information content (AvgIpc) is 2.31. The van der Waals surface area contributed by atoms with Gasteiger partial charge in [-0.3, -0.25) is 0 Å². The molecule has 0 aliphatic heterocycles. The number of carboxylic acids is 1. The summed E-state index contributed by atoms with van der Waals surface area (Å²) in [6.45, 7) is 5.70. The van der Waals surface area contributed by atoms with Crippen molar-refractivity contribution in [2.75, 3.05) is 0 Å². The van der Waals surface area contributed by atoms with Crippen LogP contribution in [0.2, 0.25) is 0 Å². The molecule has 100 valence electrons. The van der Waals surface area contributed by atoms with E-state index in [2.05, 4.69) is 13.5 Å². The van der Waals surface area contributed by atoms with Crippen LogP contribution in [0.15, 0.2) is 12.2 Å². The molecule has 0 fully saturated rings. The fourth-order valence-electron chi connectivity index (χ4n) is 1.93. The number of rotatable bonds is 12. The second kappa shape index (κ2) is 11.7. The normalized spacial score (nSPS) is 10.4. The van der Waals surface area contributed by atoms with Crippen molar-refractivity contribution in [2.45, 2.75) is 77.6 Å². The van der Waals surface area contributed by atoms with Gasteiger partial charge in [-0.2, -0.15) is 0 Å². The number of aliphatic carboxylic acids is 1. The second-order valence-electron chi connectivity index (χ2n) is 4.82. The maximum atomic E-state index is 10.4. The van der Waals surface area contributed by atoms with Crippen LogP contribution in [0.1, 0.15) is 77.6 Å². The van der Waals surface area contributed by atoms with Gasteiger partial charge in [-0.1, -0.05) is 71.3 Å². The van der Waals surface area contributed by atoms with E-state index in [1.807, 2.05) is 0 Å². The van der Waals surface area contributed by atoms with Gasteiger partial charge in [0.2, 0.25) is 0 Å². The molecule has 0 heterocycles. The highest BCUT2D eigenvalue weighted by molar-refractivity contribution is 5.83. The molecule has 2 heteroatoms. The van der Waals surface area contributed by atoms with Gasteiger partial charge in [0.15, 0.2) is 0 Å². The fraction of sp³-hybridized carbons (Fsp3) is 0.800. The minimum absolute atomic E-state index is 0.240. The number of hydrogen-bond acceptors (Lipinski definition) is 2. The molecular formula is C15H27O2-. The maximum Gasteiger partial charge on any atom is 0.0668 e. The summed E-state index contributed by atoms with van der Waals surface area (Å²) in [6.07, 6.45) is 13.2. The lowest BCUT2D eigenvalue weighted by Crippen LogP contribution is -2.23. The van der Waals surface area contributed by atoms with E-state index in [9.17, 15) is 9.90 Å². The molecule has 0 N–H and O–H groups in total. The third-order valence-corrected chi connectivity index (χ3v) is 3.12. The van der Waals surface area contributed by atoms with Crippen LogP contribution in [0.4, 0.5) is 0 Å². The standard InChI is InChI=1S/C15H28O2/c1-3-4-5-6-7-8-9-10-11-12-13-14(2)15(16)17/h2-13H2,1H3,(H,16,17)/p-1. The van der Waals surface area contributed by atoms with E-state index >= 15 is 0 Å². The van der Waals surface area contributed by atoms with Crippen LogP contribution in [0.25, 0.3) is 0 Å². The summed E-state index contributed by atoms with van der Waals surface area (Å²) in [5.74, 6) is -1.10. The summed E-state index contributed by atoms with van der Waals surface area (Å²) in [5, 5.41) is 10.4. The van der Waals surface area contributed by atoms with Crippen LogP contribution in [0, 0.1) is 0 Å². The van der Waals surface area contributed by atoms with Gasteiger partial charge in [0.25, 0.3) is 0 Å². The highest BCUT2D eigenvalue weighted by atomic mass is 16.4. The molecule has 0 spiro atoms.